The molecule has 3 rings (SSSR count). The number of aromatic carboxylic acids is 1. The van der Waals surface area contributed by atoms with Gasteiger partial charge in [-0.1, -0.05) is 23.8 Å². The zero-order chi connectivity index (χ0) is 16.4. The summed E-state index contributed by atoms with van der Waals surface area (Å²) in [5.74, 6) is 0.284. The van der Waals surface area contributed by atoms with E-state index in [-0.39, 0.29) is 5.69 Å². The molecule has 1 N–H and O–H groups in total. The lowest BCUT2D eigenvalue weighted by atomic mass is 10.1. The van der Waals surface area contributed by atoms with Gasteiger partial charge in [-0.15, -0.1) is 0 Å². The SMILES string of the molecule is COc1ccc(-n2cc(C(=O)O)nc2-c2cccc(C)c2)cc1. The lowest BCUT2D eigenvalue weighted by molar-refractivity contribution is 0.0691. The second-order valence-corrected chi connectivity index (χ2v) is 5.19. The van der Waals surface area contributed by atoms with Crippen LogP contribution in [0, 0.1) is 6.92 Å². The number of aryl methyl sites for hydroxylation is 1. The maximum absolute atomic E-state index is 11.3. The minimum atomic E-state index is -1.05. The standard InChI is InChI=1S/C18H16N2O3/c1-12-4-3-5-13(10-12)17-19-16(18(21)22)11-20(17)14-6-8-15(23-2)9-7-14/h3-11H,1-2H3,(H,21,22). The van der Waals surface area contributed by atoms with Crippen LogP contribution in [0.1, 0.15) is 16.1 Å². The summed E-state index contributed by atoms with van der Waals surface area (Å²) in [6.45, 7) is 1.99. The predicted octanol–water partition coefficient (Wildman–Crippen LogP) is 3.55. The van der Waals surface area contributed by atoms with E-state index in [4.69, 9.17) is 4.74 Å². The molecule has 0 fully saturated rings. The van der Waals surface area contributed by atoms with Gasteiger partial charge in [0, 0.05) is 17.4 Å². The summed E-state index contributed by atoms with van der Waals surface area (Å²) in [7, 11) is 1.60. The van der Waals surface area contributed by atoms with Crippen LogP contribution in [0.5, 0.6) is 5.75 Å². The fourth-order valence-corrected chi connectivity index (χ4v) is 2.41. The average Bonchev–Trinajstić information content (AvgIpc) is 3.00. The molecule has 2 aromatic carbocycles. The van der Waals surface area contributed by atoms with Crippen LogP contribution in [-0.4, -0.2) is 27.7 Å². The van der Waals surface area contributed by atoms with Gasteiger partial charge in [-0.05, 0) is 37.3 Å². The molecule has 0 atom stereocenters. The maximum atomic E-state index is 11.3. The van der Waals surface area contributed by atoms with E-state index >= 15 is 0 Å². The van der Waals surface area contributed by atoms with Crippen molar-refractivity contribution in [3.8, 4) is 22.8 Å². The van der Waals surface area contributed by atoms with Gasteiger partial charge in [-0.2, -0.15) is 0 Å². The number of hydrogen-bond donors (Lipinski definition) is 1. The highest BCUT2D eigenvalue weighted by atomic mass is 16.5. The number of ether oxygens (including phenoxy) is 1. The van der Waals surface area contributed by atoms with Crippen molar-refractivity contribution >= 4 is 5.97 Å². The summed E-state index contributed by atoms with van der Waals surface area (Å²) >= 11 is 0. The third kappa shape index (κ3) is 2.94. The molecule has 0 saturated carbocycles. The van der Waals surface area contributed by atoms with Gasteiger partial charge < -0.3 is 9.84 Å². The molecule has 1 aromatic heterocycles. The van der Waals surface area contributed by atoms with E-state index in [0.29, 0.717) is 5.82 Å². The van der Waals surface area contributed by atoms with Gasteiger partial charge in [0.15, 0.2) is 5.69 Å². The lowest BCUT2D eigenvalue weighted by Gasteiger charge is -2.09. The van der Waals surface area contributed by atoms with Crippen molar-refractivity contribution in [3.05, 3.63) is 66.0 Å². The molecule has 0 aliphatic carbocycles. The molecule has 0 unspecified atom stereocenters. The smallest absolute Gasteiger partial charge is 0.356 e. The van der Waals surface area contributed by atoms with E-state index in [1.54, 1.807) is 11.7 Å². The van der Waals surface area contributed by atoms with Gasteiger partial charge in [0.05, 0.1) is 7.11 Å². The average molecular weight is 308 g/mol. The highest BCUT2D eigenvalue weighted by Crippen LogP contribution is 2.25. The molecule has 3 aromatic rings. The number of rotatable bonds is 4. The van der Waals surface area contributed by atoms with Crippen molar-refractivity contribution in [2.45, 2.75) is 6.92 Å². The molecule has 5 heteroatoms. The Kier molecular flexibility index (Phi) is 3.85. The molecule has 5 nitrogen and oxygen atoms in total. The summed E-state index contributed by atoms with van der Waals surface area (Å²) < 4.78 is 6.94. The summed E-state index contributed by atoms with van der Waals surface area (Å²) in [4.78, 5) is 15.6. The Morgan fingerprint density at radius 3 is 2.52 bits per heavy atom. The van der Waals surface area contributed by atoms with Crippen LogP contribution in [0.3, 0.4) is 0 Å². The van der Waals surface area contributed by atoms with E-state index in [0.717, 1.165) is 22.6 Å². The minimum absolute atomic E-state index is 0.0114. The van der Waals surface area contributed by atoms with E-state index < -0.39 is 5.97 Å². The van der Waals surface area contributed by atoms with E-state index in [1.165, 1.54) is 6.20 Å². The number of carbonyl (C=O) groups is 1. The molecule has 0 aliphatic rings. The Morgan fingerprint density at radius 2 is 1.91 bits per heavy atom. The van der Waals surface area contributed by atoms with Crippen LogP contribution in [0.25, 0.3) is 17.1 Å². The van der Waals surface area contributed by atoms with Gasteiger partial charge in [-0.25, -0.2) is 9.78 Å². The van der Waals surface area contributed by atoms with Crippen LogP contribution in [0.2, 0.25) is 0 Å². The molecule has 0 amide bonds. The first-order chi connectivity index (χ1) is 11.1. The fraction of sp³-hybridized carbons (Fsp3) is 0.111. The van der Waals surface area contributed by atoms with E-state index in [9.17, 15) is 9.90 Å². The molecule has 116 valence electrons. The summed E-state index contributed by atoms with van der Waals surface area (Å²) in [6.07, 6.45) is 1.53. The highest BCUT2D eigenvalue weighted by molar-refractivity contribution is 5.86. The van der Waals surface area contributed by atoms with Crippen molar-refractivity contribution < 1.29 is 14.6 Å². The Balaban J connectivity index is 2.16. The first-order valence-corrected chi connectivity index (χ1v) is 7.12. The minimum Gasteiger partial charge on any atom is -0.497 e. The third-order valence-electron chi connectivity index (χ3n) is 3.55. The molecular weight excluding hydrogens is 292 g/mol. The van der Waals surface area contributed by atoms with Crippen molar-refractivity contribution in [1.82, 2.24) is 9.55 Å². The summed E-state index contributed by atoms with van der Waals surface area (Å²) in [5.41, 5.74) is 2.79. The molecule has 1 heterocycles. The quantitative estimate of drug-likeness (QED) is 0.800. The zero-order valence-electron chi connectivity index (χ0n) is 12.9. The Bertz CT molecular complexity index is 851. The van der Waals surface area contributed by atoms with Gasteiger partial charge in [-0.3, -0.25) is 4.57 Å². The number of hydrogen-bond acceptors (Lipinski definition) is 3. The van der Waals surface area contributed by atoms with Crippen LogP contribution in [0.15, 0.2) is 54.7 Å². The Morgan fingerprint density at radius 1 is 1.17 bits per heavy atom. The monoisotopic (exact) mass is 308 g/mol. The Hall–Kier alpha value is -3.08. The van der Waals surface area contributed by atoms with Crippen LogP contribution in [0.4, 0.5) is 0 Å². The van der Waals surface area contributed by atoms with Crippen LogP contribution >= 0.6 is 0 Å². The van der Waals surface area contributed by atoms with Crippen LogP contribution < -0.4 is 4.74 Å². The van der Waals surface area contributed by atoms with Crippen molar-refractivity contribution in [2.75, 3.05) is 7.11 Å². The number of methoxy groups -OCH3 is 1. The first-order valence-electron chi connectivity index (χ1n) is 7.12. The summed E-state index contributed by atoms with van der Waals surface area (Å²) in [5, 5.41) is 9.26. The van der Waals surface area contributed by atoms with Gasteiger partial charge >= 0.3 is 5.97 Å². The first kappa shape index (κ1) is 14.8. The molecule has 0 bridgehead atoms. The highest BCUT2D eigenvalue weighted by Gasteiger charge is 2.16. The number of benzene rings is 2. The lowest BCUT2D eigenvalue weighted by Crippen LogP contribution is -1.96. The fourth-order valence-electron chi connectivity index (χ4n) is 2.41. The largest absolute Gasteiger partial charge is 0.497 e. The normalized spacial score (nSPS) is 10.5. The van der Waals surface area contributed by atoms with E-state index in [2.05, 4.69) is 4.98 Å². The van der Waals surface area contributed by atoms with E-state index in [1.807, 2.05) is 55.5 Å². The number of carboxylic acid groups (broad SMARTS) is 1. The molecule has 0 spiro atoms. The third-order valence-corrected chi connectivity index (χ3v) is 3.55. The summed E-state index contributed by atoms with van der Waals surface area (Å²) in [6, 6.07) is 15.2. The number of aromatic nitrogens is 2. The zero-order valence-corrected chi connectivity index (χ0v) is 12.9. The molecular formula is C18H16N2O3. The second-order valence-electron chi connectivity index (χ2n) is 5.19. The molecule has 23 heavy (non-hydrogen) atoms. The van der Waals surface area contributed by atoms with Gasteiger partial charge in [0.25, 0.3) is 0 Å². The van der Waals surface area contributed by atoms with Crippen LogP contribution in [-0.2, 0) is 0 Å². The molecule has 0 aliphatic heterocycles. The molecule has 0 radical (unpaired) electrons. The number of nitrogens with zero attached hydrogens (tertiary/aromatic N) is 2. The van der Waals surface area contributed by atoms with Gasteiger partial charge in [0.1, 0.15) is 11.6 Å². The predicted molar refractivity (Wildman–Crippen MR) is 87.2 cm³/mol. The number of imidazole rings is 1. The maximum Gasteiger partial charge on any atom is 0.356 e. The second kappa shape index (κ2) is 5.96. The topological polar surface area (TPSA) is 64.3 Å². The van der Waals surface area contributed by atoms with Crippen molar-refractivity contribution in [3.63, 3.8) is 0 Å². The van der Waals surface area contributed by atoms with Crippen molar-refractivity contribution in [2.24, 2.45) is 0 Å². The van der Waals surface area contributed by atoms with Gasteiger partial charge in [0.2, 0.25) is 0 Å². The van der Waals surface area contributed by atoms with Crippen molar-refractivity contribution in [1.29, 1.82) is 0 Å². The molecule has 0 saturated heterocycles. The Labute approximate surface area is 133 Å². The number of carboxylic acids is 1.